The molecule has 88 valence electrons. The minimum atomic E-state index is 0.00794. The van der Waals surface area contributed by atoms with Crippen molar-refractivity contribution in [1.82, 2.24) is 4.98 Å². The van der Waals surface area contributed by atoms with Gasteiger partial charge < -0.3 is 4.74 Å². The third-order valence-electron chi connectivity index (χ3n) is 2.21. The molecule has 1 aromatic heterocycles. The molecule has 1 heterocycles. The van der Waals surface area contributed by atoms with E-state index in [2.05, 4.69) is 31.8 Å². The van der Waals surface area contributed by atoms with Gasteiger partial charge in [-0.25, -0.2) is 4.98 Å². The molecule has 0 unspecified atom stereocenters. The molecular weight excluding hydrogens is 220 g/mol. The van der Waals surface area contributed by atoms with Crippen molar-refractivity contribution < 1.29 is 4.74 Å². The van der Waals surface area contributed by atoms with E-state index < -0.39 is 0 Å². The number of methoxy groups -OCH3 is 1. The van der Waals surface area contributed by atoms with Crippen LogP contribution in [0.4, 0.5) is 0 Å². The Labute approximate surface area is 101 Å². The Morgan fingerprint density at radius 1 is 1.44 bits per heavy atom. The van der Waals surface area contributed by atoms with Crippen LogP contribution < -0.4 is 0 Å². The fourth-order valence-corrected chi connectivity index (χ4v) is 2.67. The van der Waals surface area contributed by atoms with Crippen LogP contribution in [0, 0.1) is 11.3 Å². The first-order chi connectivity index (χ1) is 7.49. The van der Waals surface area contributed by atoms with Crippen LogP contribution in [-0.2, 0) is 23.0 Å². The van der Waals surface area contributed by atoms with Crippen LogP contribution >= 0.6 is 11.3 Å². The van der Waals surface area contributed by atoms with E-state index in [0.29, 0.717) is 13.0 Å². The number of aromatic nitrogens is 1. The number of hydrogen-bond donors (Lipinski definition) is 0. The molecule has 0 saturated heterocycles. The Morgan fingerprint density at radius 2 is 2.12 bits per heavy atom. The molecule has 0 atom stereocenters. The van der Waals surface area contributed by atoms with Crippen molar-refractivity contribution >= 4 is 11.3 Å². The zero-order chi connectivity index (χ0) is 12.2. The lowest BCUT2D eigenvalue weighted by atomic mass is 9.91. The van der Waals surface area contributed by atoms with Gasteiger partial charge in [0.1, 0.15) is 0 Å². The summed E-state index contributed by atoms with van der Waals surface area (Å²) in [6, 6.07) is 2.21. The van der Waals surface area contributed by atoms with Crippen LogP contribution in [0.3, 0.4) is 0 Å². The van der Waals surface area contributed by atoms with E-state index in [-0.39, 0.29) is 5.41 Å². The predicted molar refractivity (Wildman–Crippen MR) is 65.7 cm³/mol. The second-order valence-corrected chi connectivity index (χ2v) is 5.88. The Morgan fingerprint density at radius 3 is 2.62 bits per heavy atom. The Bertz CT molecular complexity index is 385. The first-order valence-electron chi connectivity index (χ1n) is 5.34. The van der Waals surface area contributed by atoms with Gasteiger partial charge in [-0.3, -0.25) is 0 Å². The van der Waals surface area contributed by atoms with E-state index in [4.69, 9.17) is 10.00 Å². The number of rotatable bonds is 4. The monoisotopic (exact) mass is 238 g/mol. The van der Waals surface area contributed by atoms with Gasteiger partial charge in [-0.1, -0.05) is 20.8 Å². The summed E-state index contributed by atoms with van der Waals surface area (Å²) in [4.78, 5) is 5.72. The standard InChI is InChI=1S/C12H18N2OS/c1-12(2,3)11-9(5-7-13)16-10(14-11)6-8-15-4/h5-6,8H2,1-4H3. The van der Waals surface area contributed by atoms with Gasteiger partial charge >= 0.3 is 0 Å². The average molecular weight is 238 g/mol. The van der Waals surface area contributed by atoms with Crippen LogP contribution in [-0.4, -0.2) is 18.7 Å². The van der Waals surface area contributed by atoms with Gasteiger partial charge in [0.15, 0.2) is 0 Å². The maximum Gasteiger partial charge on any atom is 0.0954 e. The lowest BCUT2D eigenvalue weighted by Gasteiger charge is -2.16. The van der Waals surface area contributed by atoms with Crippen molar-refractivity contribution in [2.45, 2.75) is 39.0 Å². The maximum atomic E-state index is 8.80. The summed E-state index contributed by atoms with van der Waals surface area (Å²) < 4.78 is 5.04. The largest absolute Gasteiger partial charge is 0.384 e. The molecule has 0 bridgehead atoms. The molecule has 0 radical (unpaired) electrons. The van der Waals surface area contributed by atoms with Gasteiger partial charge in [-0.05, 0) is 0 Å². The summed E-state index contributed by atoms with van der Waals surface area (Å²) >= 11 is 1.64. The van der Waals surface area contributed by atoms with Crippen molar-refractivity contribution in [2.75, 3.05) is 13.7 Å². The highest BCUT2D eigenvalue weighted by atomic mass is 32.1. The first-order valence-corrected chi connectivity index (χ1v) is 6.15. The molecule has 1 rings (SSSR count). The molecule has 1 aromatic rings. The summed E-state index contributed by atoms with van der Waals surface area (Å²) in [7, 11) is 1.69. The minimum absolute atomic E-state index is 0.00794. The average Bonchev–Trinajstić information content (AvgIpc) is 2.58. The molecule has 16 heavy (non-hydrogen) atoms. The van der Waals surface area contributed by atoms with Crippen molar-refractivity contribution in [3.05, 3.63) is 15.6 Å². The van der Waals surface area contributed by atoms with Crippen molar-refractivity contribution in [1.29, 1.82) is 5.26 Å². The van der Waals surface area contributed by atoms with E-state index in [1.165, 1.54) is 0 Å². The van der Waals surface area contributed by atoms with Gasteiger partial charge in [0.2, 0.25) is 0 Å². The molecule has 0 aliphatic carbocycles. The quantitative estimate of drug-likeness (QED) is 0.810. The second kappa shape index (κ2) is 5.42. The van der Waals surface area contributed by atoms with Crippen LogP contribution in [0.1, 0.15) is 36.3 Å². The molecule has 3 nitrogen and oxygen atoms in total. The van der Waals surface area contributed by atoms with Gasteiger partial charge in [-0.15, -0.1) is 11.3 Å². The summed E-state index contributed by atoms with van der Waals surface area (Å²) in [6.45, 7) is 7.07. The molecule has 0 aliphatic rings. The molecule has 0 amide bonds. The van der Waals surface area contributed by atoms with Crippen LogP contribution in [0.15, 0.2) is 0 Å². The van der Waals surface area contributed by atoms with Crippen molar-refractivity contribution in [3.63, 3.8) is 0 Å². The van der Waals surface area contributed by atoms with Gasteiger partial charge in [0.25, 0.3) is 0 Å². The highest BCUT2D eigenvalue weighted by molar-refractivity contribution is 7.11. The summed E-state index contributed by atoms with van der Waals surface area (Å²) in [5, 5.41) is 9.87. The molecule has 0 saturated carbocycles. The third kappa shape index (κ3) is 3.29. The van der Waals surface area contributed by atoms with E-state index in [9.17, 15) is 0 Å². The molecule has 0 spiro atoms. The lowest BCUT2D eigenvalue weighted by molar-refractivity contribution is 0.202. The maximum absolute atomic E-state index is 8.80. The normalized spacial score (nSPS) is 11.4. The van der Waals surface area contributed by atoms with E-state index in [1.54, 1.807) is 18.4 Å². The van der Waals surface area contributed by atoms with Crippen LogP contribution in [0.5, 0.6) is 0 Å². The Balaban J connectivity index is 2.97. The number of nitriles is 1. The predicted octanol–water partition coefficient (Wildman–Crippen LogP) is 2.70. The molecule has 4 heteroatoms. The molecule has 0 aromatic carbocycles. The SMILES string of the molecule is COCCc1nc(C(C)(C)C)c(CC#N)s1. The second-order valence-electron chi connectivity index (χ2n) is 4.71. The van der Waals surface area contributed by atoms with E-state index in [1.807, 2.05) is 0 Å². The smallest absolute Gasteiger partial charge is 0.0954 e. The third-order valence-corrected chi connectivity index (χ3v) is 3.33. The van der Waals surface area contributed by atoms with Gasteiger partial charge in [-0.2, -0.15) is 5.26 Å². The Kier molecular flexibility index (Phi) is 4.45. The number of ether oxygens (including phenoxy) is 1. The number of nitrogens with zero attached hydrogens (tertiary/aromatic N) is 2. The van der Waals surface area contributed by atoms with E-state index >= 15 is 0 Å². The van der Waals surface area contributed by atoms with Crippen molar-refractivity contribution in [3.8, 4) is 6.07 Å². The number of hydrogen-bond acceptors (Lipinski definition) is 4. The van der Waals surface area contributed by atoms with Gasteiger partial charge in [0.05, 0.1) is 29.8 Å². The summed E-state index contributed by atoms with van der Waals surface area (Å²) in [6.07, 6.45) is 1.28. The highest BCUT2D eigenvalue weighted by Crippen LogP contribution is 2.30. The topological polar surface area (TPSA) is 45.9 Å². The molecule has 0 N–H and O–H groups in total. The highest BCUT2D eigenvalue weighted by Gasteiger charge is 2.22. The lowest BCUT2D eigenvalue weighted by Crippen LogP contribution is -2.14. The Hall–Kier alpha value is -0.920. The molecular formula is C12H18N2OS. The van der Waals surface area contributed by atoms with Gasteiger partial charge in [0, 0.05) is 23.8 Å². The van der Waals surface area contributed by atoms with E-state index in [0.717, 1.165) is 22.0 Å². The number of thiazole rings is 1. The first kappa shape index (κ1) is 13.1. The van der Waals surface area contributed by atoms with Crippen molar-refractivity contribution in [2.24, 2.45) is 0 Å². The minimum Gasteiger partial charge on any atom is -0.384 e. The molecule has 0 fully saturated rings. The summed E-state index contributed by atoms with van der Waals surface area (Å²) in [5.41, 5.74) is 1.07. The van der Waals surface area contributed by atoms with Crippen LogP contribution in [0.25, 0.3) is 0 Å². The zero-order valence-corrected chi connectivity index (χ0v) is 11.1. The fraction of sp³-hybridized carbons (Fsp3) is 0.667. The fourth-order valence-electron chi connectivity index (χ4n) is 1.47. The molecule has 0 aliphatic heterocycles. The summed E-state index contributed by atoms with van der Waals surface area (Å²) in [5.74, 6) is 0. The zero-order valence-electron chi connectivity index (χ0n) is 10.3. The van der Waals surface area contributed by atoms with Crippen LogP contribution in [0.2, 0.25) is 0 Å².